The van der Waals surface area contributed by atoms with Crippen LogP contribution in [-0.4, -0.2) is 24.0 Å². The molecule has 21 heavy (non-hydrogen) atoms. The van der Waals surface area contributed by atoms with Gasteiger partial charge in [0.15, 0.2) is 11.6 Å². The molecule has 0 aliphatic carbocycles. The second-order valence-corrected chi connectivity index (χ2v) is 5.96. The normalized spacial score (nSPS) is 13.4. The lowest BCUT2D eigenvalue weighted by atomic mass is 9.98. The van der Waals surface area contributed by atoms with E-state index in [1.54, 1.807) is 12.1 Å². The first kappa shape index (κ1) is 18.1. The van der Waals surface area contributed by atoms with Gasteiger partial charge in [-0.15, -0.1) is 0 Å². The molecule has 2 nitrogen and oxygen atoms in total. The molecule has 0 aliphatic heterocycles. The van der Waals surface area contributed by atoms with Crippen molar-refractivity contribution in [3.05, 3.63) is 35.4 Å². The Labute approximate surface area is 127 Å². The zero-order chi connectivity index (χ0) is 16.0. The summed E-state index contributed by atoms with van der Waals surface area (Å²) >= 11 is 0. The Morgan fingerprint density at radius 3 is 2.24 bits per heavy atom. The maximum absolute atomic E-state index is 14.2. The first-order valence-corrected chi connectivity index (χ1v) is 7.85. The molecule has 0 fully saturated rings. The third-order valence-corrected chi connectivity index (χ3v) is 3.95. The quantitative estimate of drug-likeness (QED) is 0.782. The van der Waals surface area contributed by atoms with Gasteiger partial charge in [-0.3, -0.25) is 4.90 Å². The van der Waals surface area contributed by atoms with Crippen molar-refractivity contribution in [3.8, 4) is 0 Å². The molecule has 1 aromatic carbocycles. The summed E-state index contributed by atoms with van der Waals surface area (Å²) < 4.78 is 27.7. The molecule has 0 amide bonds. The Kier molecular flexibility index (Phi) is 7.26. The SMILES string of the molecule is CCC(CC)N(CC(C)C)C(CN)c1cccc(F)c1F. The molecule has 0 aromatic heterocycles. The molecule has 2 N–H and O–H groups in total. The molecule has 0 bridgehead atoms. The fourth-order valence-corrected chi connectivity index (χ4v) is 2.93. The van der Waals surface area contributed by atoms with Crippen molar-refractivity contribution in [1.29, 1.82) is 0 Å². The summed E-state index contributed by atoms with van der Waals surface area (Å²) in [7, 11) is 0. The van der Waals surface area contributed by atoms with E-state index in [0.717, 1.165) is 25.5 Å². The fourth-order valence-electron chi connectivity index (χ4n) is 2.93. The van der Waals surface area contributed by atoms with Crippen molar-refractivity contribution in [2.24, 2.45) is 11.7 Å². The maximum Gasteiger partial charge on any atom is 0.163 e. The molecule has 1 rings (SSSR count). The van der Waals surface area contributed by atoms with E-state index in [1.165, 1.54) is 0 Å². The average molecular weight is 298 g/mol. The third-order valence-electron chi connectivity index (χ3n) is 3.95. The highest BCUT2D eigenvalue weighted by Gasteiger charge is 2.28. The van der Waals surface area contributed by atoms with Crippen molar-refractivity contribution in [2.75, 3.05) is 13.1 Å². The molecule has 0 aliphatic rings. The van der Waals surface area contributed by atoms with E-state index in [-0.39, 0.29) is 12.6 Å². The number of rotatable bonds is 8. The van der Waals surface area contributed by atoms with Crippen LogP contribution in [0.2, 0.25) is 0 Å². The number of halogens is 2. The summed E-state index contributed by atoms with van der Waals surface area (Å²) in [6.45, 7) is 9.61. The maximum atomic E-state index is 14.2. The number of nitrogens with zero attached hydrogens (tertiary/aromatic N) is 1. The zero-order valence-electron chi connectivity index (χ0n) is 13.6. The van der Waals surface area contributed by atoms with E-state index < -0.39 is 11.6 Å². The summed E-state index contributed by atoms with van der Waals surface area (Å²) in [4.78, 5) is 2.24. The van der Waals surface area contributed by atoms with Crippen LogP contribution in [0.25, 0.3) is 0 Å². The Morgan fingerprint density at radius 2 is 1.76 bits per heavy atom. The highest BCUT2D eigenvalue weighted by atomic mass is 19.2. The van der Waals surface area contributed by atoms with Gasteiger partial charge in [0.1, 0.15) is 0 Å². The van der Waals surface area contributed by atoms with Crippen LogP contribution in [0.1, 0.15) is 52.1 Å². The lowest BCUT2D eigenvalue weighted by molar-refractivity contribution is 0.110. The van der Waals surface area contributed by atoms with Crippen molar-refractivity contribution in [3.63, 3.8) is 0 Å². The van der Waals surface area contributed by atoms with Crippen LogP contribution < -0.4 is 5.73 Å². The molecular formula is C17H28F2N2. The van der Waals surface area contributed by atoms with Crippen molar-refractivity contribution >= 4 is 0 Å². The summed E-state index contributed by atoms with van der Waals surface area (Å²) in [5.41, 5.74) is 6.28. The first-order chi connectivity index (χ1) is 9.96. The van der Waals surface area contributed by atoms with Crippen LogP contribution in [0.3, 0.4) is 0 Å². The molecule has 0 radical (unpaired) electrons. The first-order valence-electron chi connectivity index (χ1n) is 7.85. The van der Waals surface area contributed by atoms with Crippen LogP contribution in [0.5, 0.6) is 0 Å². The summed E-state index contributed by atoms with van der Waals surface area (Å²) in [5, 5.41) is 0. The highest BCUT2D eigenvalue weighted by Crippen LogP contribution is 2.28. The van der Waals surface area contributed by atoms with Crippen molar-refractivity contribution < 1.29 is 8.78 Å². The van der Waals surface area contributed by atoms with Crippen LogP contribution in [0, 0.1) is 17.6 Å². The van der Waals surface area contributed by atoms with Gasteiger partial charge in [0, 0.05) is 24.7 Å². The van der Waals surface area contributed by atoms with Gasteiger partial charge in [0.2, 0.25) is 0 Å². The largest absolute Gasteiger partial charge is 0.329 e. The molecular weight excluding hydrogens is 270 g/mol. The summed E-state index contributed by atoms with van der Waals surface area (Å²) in [6, 6.07) is 4.38. The molecule has 0 spiro atoms. The van der Waals surface area contributed by atoms with E-state index in [2.05, 4.69) is 32.6 Å². The van der Waals surface area contributed by atoms with Crippen LogP contribution in [0.15, 0.2) is 18.2 Å². The van der Waals surface area contributed by atoms with Crippen molar-refractivity contribution in [2.45, 2.75) is 52.6 Å². The van der Waals surface area contributed by atoms with E-state index in [4.69, 9.17) is 5.73 Å². The Bertz CT molecular complexity index is 431. The van der Waals surface area contributed by atoms with Crippen LogP contribution in [-0.2, 0) is 0 Å². The van der Waals surface area contributed by atoms with Gasteiger partial charge in [0.25, 0.3) is 0 Å². The minimum Gasteiger partial charge on any atom is -0.329 e. The molecule has 120 valence electrons. The molecule has 1 atom stereocenters. The van der Waals surface area contributed by atoms with Crippen molar-refractivity contribution in [1.82, 2.24) is 4.90 Å². The third kappa shape index (κ3) is 4.48. The van der Waals surface area contributed by atoms with Gasteiger partial charge in [-0.05, 0) is 24.8 Å². The van der Waals surface area contributed by atoms with Gasteiger partial charge in [-0.25, -0.2) is 8.78 Å². The standard InChI is InChI=1S/C17H28F2N2/c1-5-13(6-2)21(11-12(3)4)16(10-20)14-8-7-9-15(18)17(14)19/h7-9,12-13,16H,5-6,10-11,20H2,1-4H3. The number of hydrogen-bond acceptors (Lipinski definition) is 2. The highest BCUT2D eigenvalue weighted by molar-refractivity contribution is 5.23. The van der Waals surface area contributed by atoms with Gasteiger partial charge in [-0.2, -0.15) is 0 Å². The predicted octanol–water partition coefficient (Wildman–Crippen LogP) is 4.11. The second kappa shape index (κ2) is 8.44. The summed E-state index contributed by atoms with van der Waals surface area (Å²) in [5.74, 6) is -1.14. The molecule has 0 heterocycles. The molecule has 0 saturated heterocycles. The average Bonchev–Trinajstić information content (AvgIpc) is 2.44. The molecule has 4 heteroatoms. The van der Waals surface area contributed by atoms with E-state index in [1.807, 2.05) is 0 Å². The Morgan fingerprint density at radius 1 is 1.14 bits per heavy atom. The molecule has 1 unspecified atom stereocenters. The van der Waals surface area contributed by atoms with E-state index >= 15 is 0 Å². The van der Waals surface area contributed by atoms with Gasteiger partial charge >= 0.3 is 0 Å². The Hall–Kier alpha value is -1.00. The lowest BCUT2D eigenvalue weighted by Gasteiger charge is -2.38. The van der Waals surface area contributed by atoms with Crippen LogP contribution >= 0.6 is 0 Å². The molecule has 1 aromatic rings. The minimum atomic E-state index is -0.806. The van der Waals surface area contributed by atoms with Crippen LogP contribution in [0.4, 0.5) is 8.78 Å². The van der Waals surface area contributed by atoms with E-state index in [0.29, 0.717) is 17.5 Å². The summed E-state index contributed by atoms with van der Waals surface area (Å²) in [6.07, 6.45) is 1.94. The van der Waals surface area contributed by atoms with Gasteiger partial charge in [-0.1, -0.05) is 39.8 Å². The lowest BCUT2D eigenvalue weighted by Crippen LogP contribution is -2.43. The second-order valence-electron chi connectivity index (χ2n) is 5.96. The van der Waals surface area contributed by atoms with Gasteiger partial charge < -0.3 is 5.73 Å². The number of hydrogen-bond donors (Lipinski definition) is 1. The topological polar surface area (TPSA) is 29.3 Å². The molecule has 0 saturated carbocycles. The number of nitrogens with two attached hydrogens (primary N) is 1. The minimum absolute atomic E-state index is 0.281. The Balaban J connectivity index is 3.19. The number of benzene rings is 1. The van der Waals surface area contributed by atoms with E-state index in [9.17, 15) is 8.78 Å². The smallest absolute Gasteiger partial charge is 0.163 e. The van der Waals surface area contributed by atoms with Gasteiger partial charge in [0.05, 0.1) is 6.04 Å². The predicted molar refractivity (Wildman–Crippen MR) is 84.1 cm³/mol. The monoisotopic (exact) mass is 298 g/mol. The fraction of sp³-hybridized carbons (Fsp3) is 0.647. The zero-order valence-corrected chi connectivity index (χ0v) is 13.6.